The van der Waals surface area contributed by atoms with Crippen molar-refractivity contribution in [1.29, 1.82) is 0 Å². The standard InChI is InChI=1S/C21H25N3O6S/c1-16-15-17(5-10-20(16)24(26)27)21(25)22-11-14-30-18-6-8-19(9-7-18)31(28,29)23-12-3-2-4-13-23/h5-10,15H,2-4,11-14H2,1H3,(H,22,25). The first kappa shape index (κ1) is 22.7. The Bertz CT molecular complexity index is 1050. The monoisotopic (exact) mass is 447 g/mol. The lowest BCUT2D eigenvalue weighted by Gasteiger charge is -2.25. The van der Waals surface area contributed by atoms with Crippen molar-refractivity contribution in [2.45, 2.75) is 31.1 Å². The van der Waals surface area contributed by atoms with Crippen LogP contribution in [0, 0.1) is 17.0 Å². The van der Waals surface area contributed by atoms with E-state index >= 15 is 0 Å². The predicted octanol–water partition coefficient (Wildman–Crippen LogP) is 2.89. The summed E-state index contributed by atoms with van der Waals surface area (Å²) in [4.78, 5) is 22.8. The average Bonchev–Trinajstić information content (AvgIpc) is 2.77. The number of hydrogen-bond acceptors (Lipinski definition) is 6. The average molecular weight is 448 g/mol. The summed E-state index contributed by atoms with van der Waals surface area (Å²) in [5.41, 5.74) is 0.703. The van der Waals surface area contributed by atoms with Crippen LogP contribution in [0.15, 0.2) is 47.4 Å². The highest BCUT2D eigenvalue weighted by Gasteiger charge is 2.25. The van der Waals surface area contributed by atoms with Gasteiger partial charge in [-0.25, -0.2) is 8.42 Å². The molecule has 166 valence electrons. The summed E-state index contributed by atoms with van der Waals surface area (Å²) < 4.78 is 32.4. The number of ether oxygens (including phenoxy) is 1. The molecule has 0 bridgehead atoms. The third kappa shape index (κ3) is 5.59. The van der Waals surface area contributed by atoms with Crippen LogP contribution in [0.4, 0.5) is 5.69 Å². The molecule has 0 aliphatic carbocycles. The Kier molecular flexibility index (Phi) is 7.24. The van der Waals surface area contributed by atoms with Crippen LogP contribution in [0.1, 0.15) is 35.2 Å². The Morgan fingerprint density at radius 3 is 2.42 bits per heavy atom. The highest BCUT2D eigenvalue weighted by molar-refractivity contribution is 7.89. The summed E-state index contributed by atoms with van der Waals surface area (Å²) >= 11 is 0. The maximum atomic E-state index is 12.7. The van der Waals surface area contributed by atoms with Crippen LogP contribution < -0.4 is 10.1 Å². The van der Waals surface area contributed by atoms with Gasteiger partial charge in [-0.1, -0.05) is 6.42 Å². The van der Waals surface area contributed by atoms with Gasteiger partial charge in [-0.2, -0.15) is 4.31 Å². The van der Waals surface area contributed by atoms with Crippen molar-refractivity contribution < 1.29 is 22.9 Å². The van der Waals surface area contributed by atoms with E-state index in [0.717, 1.165) is 19.3 Å². The SMILES string of the molecule is Cc1cc(C(=O)NCCOc2ccc(S(=O)(=O)N3CCCCC3)cc2)ccc1[N+](=O)[O-]. The first-order valence-corrected chi connectivity index (χ1v) is 11.5. The van der Waals surface area contributed by atoms with Gasteiger partial charge in [0.2, 0.25) is 10.0 Å². The first-order valence-electron chi connectivity index (χ1n) is 10.1. The number of nitrogens with zero attached hydrogens (tertiary/aromatic N) is 2. The van der Waals surface area contributed by atoms with Crippen molar-refractivity contribution in [2.75, 3.05) is 26.2 Å². The van der Waals surface area contributed by atoms with Gasteiger partial charge in [0, 0.05) is 30.3 Å². The number of nitro benzene ring substituents is 1. The fraction of sp³-hybridized carbons (Fsp3) is 0.381. The molecule has 0 saturated carbocycles. The van der Waals surface area contributed by atoms with E-state index in [0.29, 0.717) is 30.0 Å². The molecule has 0 atom stereocenters. The molecule has 1 N–H and O–H groups in total. The van der Waals surface area contributed by atoms with E-state index in [-0.39, 0.29) is 29.6 Å². The van der Waals surface area contributed by atoms with Gasteiger partial charge in [0.15, 0.2) is 0 Å². The Hall–Kier alpha value is -2.98. The predicted molar refractivity (Wildman–Crippen MR) is 115 cm³/mol. The second kappa shape index (κ2) is 9.88. The van der Waals surface area contributed by atoms with E-state index in [9.17, 15) is 23.3 Å². The second-order valence-corrected chi connectivity index (χ2v) is 9.24. The van der Waals surface area contributed by atoms with Gasteiger partial charge in [-0.05, 0) is 56.2 Å². The molecular formula is C21H25N3O6S. The minimum Gasteiger partial charge on any atom is -0.492 e. The number of rotatable bonds is 8. The van der Waals surface area contributed by atoms with Crippen LogP contribution in [0.5, 0.6) is 5.75 Å². The number of aryl methyl sites for hydroxylation is 1. The van der Waals surface area contributed by atoms with Crippen molar-refractivity contribution in [3.05, 3.63) is 63.7 Å². The molecule has 10 heteroatoms. The number of nitro groups is 1. The minimum absolute atomic E-state index is 0.0365. The normalized spacial score (nSPS) is 14.7. The summed E-state index contributed by atoms with van der Waals surface area (Å²) in [7, 11) is -3.48. The molecule has 3 rings (SSSR count). The molecule has 9 nitrogen and oxygen atoms in total. The number of amides is 1. The first-order chi connectivity index (χ1) is 14.8. The molecule has 0 unspecified atom stereocenters. The van der Waals surface area contributed by atoms with E-state index in [1.54, 1.807) is 19.1 Å². The van der Waals surface area contributed by atoms with Gasteiger partial charge >= 0.3 is 0 Å². The Morgan fingerprint density at radius 2 is 1.81 bits per heavy atom. The molecule has 31 heavy (non-hydrogen) atoms. The molecule has 2 aromatic carbocycles. The number of nitrogens with one attached hydrogen (secondary N) is 1. The fourth-order valence-electron chi connectivity index (χ4n) is 3.40. The van der Waals surface area contributed by atoms with E-state index in [4.69, 9.17) is 4.74 Å². The van der Waals surface area contributed by atoms with Gasteiger partial charge in [-0.15, -0.1) is 0 Å². The highest BCUT2D eigenvalue weighted by atomic mass is 32.2. The maximum Gasteiger partial charge on any atom is 0.272 e. The number of sulfonamides is 1. The van der Waals surface area contributed by atoms with Gasteiger partial charge in [0.25, 0.3) is 11.6 Å². The van der Waals surface area contributed by atoms with Crippen LogP contribution in [-0.2, 0) is 10.0 Å². The fourth-order valence-corrected chi connectivity index (χ4v) is 4.92. The number of carbonyl (C=O) groups is 1. The minimum atomic E-state index is -3.48. The zero-order valence-corrected chi connectivity index (χ0v) is 18.1. The van der Waals surface area contributed by atoms with E-state index in [1.165, 1.54) is 34.6 Å². The Morgan fingerprint density at radius 1 is 1.13 bits per heavy atom. The third-order valence-corrected chi connectivity index (χ3v) is 7.00. The molecule has 1 saturated heterocycles. The van der Waals surface area contributed by atoms with Crippen LogP contribution in [0.2, 0.25) is 0 Å². The summed E-state index contributed by atoms with van der Waals surface area (Å²) in [6, 6.07) is 10.4. The second-order valence-electron chi connectivity index (χ2n) is 7.30. The Balaban J connectivity index is 1.49. The lowest BCUT2D eigenvalue weighted by atomic mass is 10.1. The van der Waals surface area contributed by atoms with Gasteiger partial charge in [0.1, 0.15) is 12.4 Å². The lowest BCUT2D eigenvalue weighted by Crippen LogP contribution is -2.35. The summed E-state index contributed by atoms with van der Waals surface area (Å²) in [5, 5.41) is 13.5. The molecule has 1 amide bonds. The molecule has 1 aliphatic heterocycles. The van der Waals surface area contributed by atoms with Crippen LogP contribution in [-0.4, -0.2) is 49.8 Å². The lowest BCUT2D eigenvalue weighted by molar-refractivity contribution is -0.385. The molecular weight excluding hydrogens is 422 g/mol. The number of piperidine rings is 1. The van der Waals surface area contributed by atoms with E-state index in [2.05, 4.69) is 5.32 Å². The Labute approximate surface area is 181 Å². The van der Waals surface area contributed by atoms with Crippen LogP contribution in [0.25, 0.3) is 0 Å². The third-order valence-electron chi connectivity index (χ3n) is 5.09. The number of benzene rings is 2. The summed E-state index contributed by atoms with van der Waals surface area (Å²) in [6.07, 6.45) is 2.82. The van der Waals surface area contributed by atoms with Crippen molar-refractivity contribution >= 4 is 21.6 Å². The largest absolute Gasteiger partial charge is 0.492 e. The topological polar surface area (TPSA) is 119 Å². The molecule has 0 aromatic heterocycles. The van der Waals surface area contributed by atoms with Crippen molar-refractivity contribution in [1.82, 2.24) is 9.62 Å². The van der Waals surface area contributed by atoms with Crippen molar-refractivity contribution in [2.24, 2.45) is 0 Å². The number of carbonyl (C=O) groups excluding carboxylic acids is 1. The van der Waals surface area contributed by atoms with Crippen molar-refractivity contribution in [3.8, 4) is 5.75 Å². The quantitative estimate of drug-likeness (QED) is 0.378. The molecule has 1 heterocycles. The summed E-state index contributed by atoms with van der Waals surface area (Å²) in [5.74, 6) is 0.141. The molecule has 1 aliphatic rings. The molecule has 1 fully saturated rings. The molecule has 0 spiro atoms. The van der Waals surface area contributed by atoms with Gasteiger partial charge in [-0.3, -0.25) is 14.9 Å². The summed E-state index contributed by atoms with van der Waals surface area (Å²) in [6.45, 7) is 3.09. The van der Waals surface area contributed by atoms with Crippen LogP contribution >= 0.6 is 0 Å². The maximum absolute atomic E-state index is 12.7. The van der Waals surface area contributed by atoms with E-state index in [1.807, 2.05) is 0 Å². The smallest absolute Gasteiger partial charge is 0.272 e. The molecule has 0 radical (unpaired) electrons. The van der Waals surface area contributed by atoms with Gasteiger partial charge < -0.3 is 10.1 Å². The van der Waals surface area contributed by atoms with E-state index < -0.39 is 14.9 Å². The highest BCUT2D eigenvalue weighted by Crippen LogP contribution is 2.23. The molecule has 2 aromatic rings. The van der Waals surface area contributed by atoms with Gasteiger partial charge in [0.05, 0.1) is 16.4 Å². The van der Waals surface area contributed by atoms with Crippen LogP contribution in [0.3, 0.4) is 0 Å². The number of hydrogen-bond donors (Lipinski definition) is 1. The zero-order valence-electron chi connectivity index (χ0n) is 17.2. The van der Waals surface area contributed by atoms with Crippen molar-refractivity contribution in [3.63, 3.8) is 0 Å². The zero-order chi connectivity index (χ0) is 22.4.